The summed E-state index contributed by atoms with van der Waals surface area (Å²) >= 11 is 0. The van der Waals surface area contributed by atoms with E-state index in [-0.39, 0.29) is 23.9 Å². The average molecular weight is 385 g/mol. The van der Waals surface area contributed by atoms with Crippen LogP contribution in [0.5, 0.6) is 0 Å². The molecule has 0 atom stereocenters. The van der Waals surface area contributed by atoms with Gasteiger partial charge < -0.3 is 5.32 Å². The Bertz CT molecular complexity index is 901. The lowest BCUT2D eigenvalue weighted by atomic mass is 10.1. The third-order valence-corrected chi connectivity index (χ3v) is 5.80. The Morgan fingerprint density at radius 3 is 2.22 bits per heavy atom. The molecule has 0 radical (unpaired) electrons. The summed E-state index contributed by atoms with van der Waals surface area (Å²) in [7, 11) is -3.64. The van der Waals surface area contributed by atoms with Crippen molar-refractivity contribution in [3.8, 4) is 0 Å². The number of benzene rings is 2. The first-order valence-corrected chi connectivity index (χ1v) is 9.98. The van der Waals surface area contributed by atoms with Gasteiger partial charge in [-0.05, 0) is 36.8 Å². The zero-order valence-corrected chi connectivity index (χ0v) is 16.2. The third-order valence-electron chi connectivity index (χ3n) is 3.97. The van der Waals surface area contributed by atoms with Gasteiger partial charge in [0.15, 0.2) is 0 Å². The van der Waals surface area contributed by atoms with Crippen LogP contribution >= 0.6 is 0 Å². The molecular weight excluding hydrogens is 360 g/mol. The molecule has 27 heavy (non-hydrogen) atoms. The quantitative estimate of drug-likeness (QED) is 0.675. The first-order valence-electron chi connectivity index (χ1n) is 8.54. The van der Waals surface area contributed by atoms with Crippen molar-refractivity contribution in [1.29, 1.82) is 0 Å². The van der Waals surface area contributed by atoms with Crippen LogP contribution in [0.4, 0.5) is 0 Å². The number of hydrogen-bond acceptors (Lipinski definition) is 3. The Morgan fingerprint density at radius 2 is 1.67 bits per heavy atom. The molecule has 0 aliphatic carbocycles. The van der Waals surface area contributed by atoms with Gasteiger partial charge in [-0.1, -0.05) is 42.0 Å². The summed E-state index contributed by atoms with van der Waals surface area (Å²) in [6.07, 6.45) is 3.16. The summed E-state index contributed by atoms with van der Waals surface area (Å²) in [4.78, 5) is 12.2. The van der Waals surface area contributed by atoms with Crippen LogP contribution in [0.15, 0.2) is 78.7 Å². The number of sulfonamides is 1. The smallest absolute Gasteiger partial charge is 0.251 e. The molecule has 5 nitrogen and oxygen atoms in total. The Balaban J connectivity index is 2.20. The first kappa shape index (κ1) is 20.6. The summed E-state index contributed by atoms with van der Waals surface area (Å²) in [5.41, 5.74) is 2.29. The Morgan fingerprint density at radius 1 is 1.04 bits per heavy atom. The summed E-state index contributed by atoms with van der Waals surface area (Å²) in [5, 5.41) is 2.70. The molecule has 1 N–H and O–H groups in total. The second-order valence-electron chi connectivity index (χ2n) is 6.09. The molecule has 0 spiro atoms. The van der Waals surface area contributed by atoms with Crippen LogP contribution in [0.2, 0.25) is 0 Å². The minimum atomic E-state index is -3.64. The second kappa shape index (κ2) is 9.30. The van der Waals surface area contributed by atoms with Gasteiger partial charge in [0, 0.05) is 25.2 Å². The molecule has 142 valence electrons. The fraction of sp³-hybridized carbons (Fsp3) is 0.190. The maximum atomic E-state index is 12.9. The van der Waals surface area contributed by atoms with E-state index >= 15 is 0 Å². The van der Waals surface area contributed by atoms with Crippen LogP contribution in [0.25, 0.3) is 0 Å². The highest BCUT2D eigenvalue weighted by Gasteiger charge is 2.23. The fourth-order valence-corrected chi connectivity index (χ4v) is 3.88. The van der Waals surface area contributed by atoms with Crippen LogP contribution in [0, 0.1) is 6.92 Å². The van der Waals surface area contributed by atoms with E-state index in [4.69, 9.17) is 0 Å². The molecular formula is C21H24N2O3S. The largest absolute Gasteiger partial charge is 0.349 e. The van der Waals surface area contributed by atoms with Crippen LogP contribution in [0.3, 0.4) is 0 Å². The van der Waals surface area contributed by atoms with E-state index in [0.717, 1.165) is 11.1 Å². The van der Waals surface area contributed by atoms with Crippen LogP contribution in [-0.4, -0.2) is 31.7 Å². The van der Waals surface area contributed by atoms with Crippen molar-refractivity contribution in [2.75, 3.05) is 13.1 Å². The predicted molar refractivity (Wildman–Crippen MR) is 108 cm³/mol. The number of nitrogens with zero attached hydrogens (tertiary/aromatic N) is 1. The molecule has 2 aromatic carbocycles. The lowest BCUT2D eigenvalue weighted by Crippen LogP contribution is -2.31. The average Bonchev–Trinajstić information content (AvgIpc) is 2.66. The molecule has 2 aromatic rings. The highest BCUT2D eigenvalue weighted by molar-refractivity contribution is 7.89. The van der Waals surface area contributed by atoms with Gasteiger partial charge in [0.05, 0.1) is 4.90 Å². The molecule has 0 aliphatic rings. The van der Waals surface area contributed by atoms with Crippen molar-refractivity contribution in [1.82, 2.24) is 9.62 Å². The van der Waals surface area contributed by atoms with Crippen molar-refractivity contribution >= 4 is 15.9 Å². The van der Waals surface area contributed by atoms with Gasteiger partial charge in [0.2, 0.25) is 10.0 Å². The van der Waals surface area contributed by atoms with Gasteiger partial charge in [-0.25, -0.2) is 8.42 Å². The summed E-state index contributed by atoms with van der Waals surface area (Å²) < 4.78 is 27.2. The number of carbonyl (C=O) groups is 1. The molecule has 6 heteroatoms. The molecule has 2 rings (SSSR count). The van der Waals surface area contributed by atoms with E-state index in [2.05, 4.69) is 18.5 Å². The molecule has 0 heterocycles. The van der Waals surface area contributed by atoms with E-state index in [1.807, 2.05) is 6.92 Å². The van der Waals surface area contributed by atoms with Crippen molar-refractivity contribution in [3.05, 3.63) is 90.5 Å². The van der Waals surface area contributed by atoms with Gasteiger partial charge >= 0.3 is 0 Å². The lowest BCUT2D eigenvalue weighted by molar-refractivity contribution is 0.0958. The summed E-state index contributed by atoms with van der Waals surface area (Å²) in [5.74, 6) is -0.198. The summed E-state index contributed by atoms with van der Waals surface area (Å²) in [6.45, 7) is 9.90. The van der Waals surface area contributed by atoms with Gasteiger partial charge in [-0.2, -0.15) is 4.31 Å². The van der Waals surface area contributed by atoms with Crippen LogP contribution in [-0.2, 0) is 16.6 Å². The van der Waals surface area contributed by atoms with E-state index in [1.165, 1.54) is 4.31 Å². The number of aryl methyl sites for hydroxylation is 1. The molecule has 1 amide bonds. The second-order valence-corrected chi connectivity index (χ2v) is 8.03. The van der Waals surface area contributed by atoms with E-state index in [0.29, 0.717) is 12.1 Å². The molecule has 0 aromatic heterocycles. The Kier molecular flexibility index (Phi) is 7.10. The SMILES string of the molecule is C=CCNC(=O)c1ccc(CN(CC=C)S(=O)(=O)c2ccc(C)cc2)cc1. The highest BCUT2D eigenvalue weighted by Crippen LogP contribution is 2.19. The standard InChI is InChI=1S/C21H24N2O3S/c1-4-14-22-21(24)19-10-8-18(9-11-19)16-23(15-5-2)27(25,26)20-12-6-17(3)7-13-20/h4-13H,1-2,14-16H2,3H3,(H,22,24). The molecule has 0 fully saturated rings. The maximum absolute atomic E-state index is 12.9. The van der Waals surface area contributed by atoms with E-state index in [1.54, 1.807) is 60.7 Å². The zero-order chi connectivity index (χ0) is 19.9. The molecule has 0 aliphatic heterocycles. The van der Waals surface area contributed by atoms with Gasteiger partial charge in [0.1, 0.15) is 0 Å². The lowest BCUT2D eigenvalue weighted by Gasteiger charge is -2.21. The van der Waals surface area contributed by atoms with Gasteiger partial charge in [-0.3, -0.25) is 4.79 Å². The number of hydrogen-bond donors (Lipinski definition) is 1. The molecule has 0 bridgehead atoms. The van der Waals surface area contributed by atoms with Gasteiger partial charge in [-0.15, -0.1) is 13.2 Å². The maximum Gasteiger partial charge on any atom is 0.251 e. The molecule has 0 saturated carbocycles. The van der Waals surface area contributed by atoms with E-state index < -0.39 is 10.0 Å². The zero-order valence-electron chi connectivity index (χ0n) is 15.4. The van der Waals surface area contributed by atoms with E-state index in [9.17, 15) is 13.2 Å². The minimum absolute atomic E-state index is 0.191. The third kappa shape index (κ3) is 5.39. The van der Waals surface area contributed by atoms with Crippen molar-refractivity contribution in [3.63, 3.8) is 0 Å². The number of rotatable bonds is 9. The monoisotopic (exact) mass is 384 g/mol. The number of nitrogens with one attached hydrogen (secondary N) is 1. The van der Waals surface area contributed by atoms with Crippen molar-refractivity contribution in [2.45, 2.75) is 18.4 Å². The normalized spacial score (nSPS) is 11.2. The number of amides is 1. The van der Waals surface area contributed by atoms with Crippen molar-refractivity contribution in [2.24, 2.45) is 0 Å². The summed E-state index contributed by atoms with van der Waals surface area (Å²) in [6, 6.07) is 13.6. The fourth-order valence-electron chi connectivity index (χ4n) is 2.48. The van der Waals surface area contributed by atoms with Crippen LogP contribution < -0.4 is 5.32 Å². The predicted octanol–water partition coefficient (Wildman–Crippen LogP) is 3.29. The van der Waals surface area contributed by atoms with Crippen molar-refractivity contribution < 1.29 is 13.2 Å². The van der Waals surface area contributed by atoms with Crippen LogP contribution in [0.1, 0.15) is 21.5 Å². The molecule has 0 saturated heterocycles. The Hall–Kier alpha value is -2.70. The molecule has 0 unspecified atom stereocenters. The minimum Gasteiger partial charge on any atom is -0.349 e. The first-order chi connectivity index (χ1) is 12.9. The Labute approximate surface area is 161 Å². The highest BCUT2D eigenvalue weighted by atomic mass is 32.2. The number of carbonyl (C=O) groups excluding carboxylic acids is 1. The topological polar surface area (TPSA) is 66.5 Å². The van der Waals surface area contributed by atoms with Gasteiger partial charge in [0.25, 0.3) is 5.91 Å².